The summed E-state index contributed by atoms with van der Waals surface area (Å²) in [5.41, 5.74) is 3.48. The average molecular weight is 478 g/mol. The smallest absolute Gasteiger partial charge is 0.251 e. The maximum atomic E-state index is 12.9. The molecule has 0 unspecified atom stereocenters. The molecule has 34 heavy (non-hydrogen) atoms. The Morgan fingerprint density at radius 2 is 1.79 bits per heavy atom. The molecule has 1 aromatic heterocycles. The number of aryl methyl sites for hydroxylation is 2. The van der Waals surface area contributed by atoms with E-state index in [1.54, 1.807) is 6.08 Å². The Hall–Kier alpha value is -3.39. The Morgan fingerprint density at radius 3 is 2.44 bits per heavy atom. The molecule has 178 valence electrons. The van der Waals surface area contributed by atoms with Gasteiger partial charge in [-0.05, 0) is 43.5 Å². The second-order valence-corrected chi connectivity index (χ2v) is 9.40. The second-order valence-electron chi connectivity index (χ2n) is 8.45. The summed E-state index contributed by atoms with van der Waals surface area (Å²) in [5.74, 6) is 0.605. The minimum Gasteiger partial charge on any atom is -0.342 e. The number of hydrogen-bond donors (Lipinski definition) is 2. The van der Waals surface area contributed by atoms with Crippen LogP contribution in [0.5, 0.6) is 0 Å². The molecule has 0 spiro atoms. The molecule has 0 aliphatic rings. The summed E-state index contributed by atoms with van der Waals surface area (Å²) < 4.78 is 1.90. The first-order valence-electron chi connectivity index (χ1n) is 11.2. The van der Waals surface area contributed by atoms with Crippen LogP contribution in [0.3, 0.4) is 0 Å². The van der Waals surface area contributed by atoms with Gasteiger partial charge in [-0.2, -0.15) is 0 Å². The first kappa shape index (κ1) is 25.2. The highest BCUT2D eigenvalue weighted by Crippen LogP contribution is 2.26. The van der Waals surface area contributed by atoms with Crippen molar-refractivity contribution in [1.29, 1.82) is 0 Å². The molecule has 3 aromatic rings. The highest BCUT2D eigenvalue weighted by molar-refractivity contribution is 7.99. The third-order valence-corrected chi connectivity index (χ3v) is 6.32. The standard InChI is InChI=1S/C26H31N5O2S/c1-6-15-31-24(23(17(2)3)28-25(33)20-13-11-18(4)12-14-20)29-30-26(31)34-16-22(32)27-21-10-8-7-9-19(21)5/h6-14,17,23H,1,15-16H2,2-5H3,(H,27,32)(H,28,33)/t23-/m1/s1. The predicted octanol–water partition coefficient (Wildman–Crippen LogP) is 4.94. The summed E-state index contributed by atoms with van der Waals surface area (Å²) in [4.78, 5) is 25.4. The molecule has 1 heterocycles. The number of rotatable bonds is 10. The highest BCUT2D eigenvalue weighted by Gasteiger charge is 2.26. The van der Waals surface area contributed by atoms with Crippen LogP contribution in [0.2, 0.25) is 0 Å². The van der Waals surface area contributed by atoms with E-state index in [4.69, 9.17) is 0 Å². The number of nitrogens with one attached hydrogen (secondary N) is 2. The minimum atomic E-state index is -0.351. The molecule has 0 saturated carbocycles. The van der Waals surface area contributed by atoms with Gasteiger partial charge in [0, 0.05) is 17.8 Å². The Balaban J connectivity index is 1.75. The van der Waals surface area contributed by atoms with Crippen molar-refractivity contribution in [3.63, 3.8) is 0 Å². The molecular formula is C26H31N5O2S. The summed E-state index contributed by atoms with van der Waals surface area (Å²) in [7, 11) is 0. The number of nitrogens with zero attached hydrogens (tertiary/aromatic N) is 3. The number of benzene rings is 2. The zero-order valence-corrected chi connectivity index (χ0v) is 20.9. The van der Waals surface area contributed by atoms with E-state index in [-0.39, 0.29) is 29.5 Å². The van der Waals surface area contributed by atoms with Gasteiger partial charge in [-0.1, -0.05) is 67.6 Å². The fourth-order valence-electron chi connectivity index (χ4n) is 3.43. The molecule has 0 aliphatic heterocycles. The third-order valence-electron chi connectivity index (χ3n) is 5.35. The Morgan fingerprint density at radius 1 is 1.09 bits per heavy atom. The number of allylic oxidation sites excluding steroid dienone is 1. The SMILES string of the molecule is C=CCn1c(SCC(=O)Nc2ccccc2C)nnc1[C@H](NC(=O)c1ccc(C)cc1)C(C)C. The van der Waals surface area contributed by atoms with Crippen molar-refractivity contribution in [3.8, 4) is 0 Å². The van der Waals surface area contributed by atoms with Crippen molar-refractivity contribution in [2.24, 2.45) is 5.92 Å². The van der Waals surface area contributed by atoms with Gasteiger partial charge in [-0.15, -0.1) is 16.8 Å². The average Bonchev–Trinajstić information content (AvgIpc) is 3.20. The first-order valence-corrected chi connectivity index (χ1v) is 12.2. The van der Waals surface area contributed by atoms with Gasteiger partial charge in [0.05, 0.1) is 11.8 Å². The summed E-state index contributed by atoms with van der Waals surface area (Å²) in [6.07, 6.45) is 1.75. The quantitative estimate of drug-likeness (QED) is 0.319. The van der Waals surface area contributed by atoms with E-state index < -0.39 is 0 Å². The molecule has 0 radical (unpaired) electrons. The number of para-hydroxylation sites is 1. The van der Waals surface area contributed by atoms with Gasteiger partial charge in [0.2, 0.25) is 5.91 Å². The maximum Gasteiger partial charge on any atom is 0.251 e. The molecule has 0 bridgehead atoms. The van der Waals surface area contributed by atoms with E-state index in [1.165, 1.54) is 11.8 Å². The van der Waals surface area contributed by atoms with Crippen LogP contribution < -0.4 is 10.6 Å². The Bertz CT molecular complexity index is 1150. The third kappa shape index (κ3) is 6.35. The van der Waals surface area contributed by atoms with Crippen molar-refractivity contribution in [2.75, 3.05) is 11.1 Å². The Kier molecular flexibility index (Phi) is 8.65. The molecule has 1 atom stereocenters. The normalized spacial score (nSPS) is 11.8. The van der Waals surface area contributed by atoms with Crippen LogP contribution in [-0.4, -0.2) is 32.3 Å². The Labute approximate surface area is 205 Å². The van der Waals surface area contributed by atoms with E-state index >= 15 is 0 Å². The van der Waals surface area contributed by atoms with Crippen LogP contribution in [0, 0.1) is 19.8 Å². The largest absolute Gasteiger partial charge is 0.342 e. The molecule has 3 rings (SSSR count). The zero-order chi connectivity index (χ0) is 24.7. The van der Waals surface area contributed by atoms with Crippen molar-refractivity contribution in [1.82, 2.24) is 20.1 Å². The number of carbonyl (C=O) groups excluding carboxylic acids is 2. The van der Waals surface area contributed by atoms with Gasteiger partial charge in [0.25, 0.3) is 5.91 Å². The van der Waals surface area contributed by atoms with Gasteiger partial charge >= 0.3 is 0 Å². The second kappa shape index (κ2) is 11.7. The zero-order valence-electron chi connectivity index (χ0n) is 20.0. The lowest BCUT2D eigenvalue weighted by molar-refractivity contribution is -0.113. The molecule has 0 saturated heterocycles. The molecule has 2 N–H and O–H groups in total. The molecule has 7 nitrogen and oxygen atoms in total. The van der Waals surface area contributed by atoms with Gasteiger partial charge in [-0.3, -0.25) is 9.59 Å². The van der Waals surface area contributed by atoms with E-state index in [0.717, 1.165) is 16.8 Å². The summed E-state index contributed by atoms with van der Waals surface area (Å²) in [6.45, 7) is 12.3. The topological polar surface area (TPSA) is 88.9 Å². The van der Waals surface area contributed by atoms with Crippen LogP contribution in [-0.2, 0) is 11.3 Å². The van der Waals surface area contributed by atoms with Gasteiger partial charge in [-0.25, -0.2) is 0 Å². The van der Waals surface area contributed by atoms with Crippen LogP contribution >= 0.6 is 11.8 Å². The predicted molar refractivity (Wildman–Crippen MR) is 137 cm³/mol. The monoisotopic (exact) mass is 477 g/mol. The number of hydrogen-bond acceptors (Lipinski definition) is 5. The minimum absolute atomic E-state index is 0.0735. The van der Waals surface area contributed by atoms with Crippen molar-refractivity contribution in [2.45, 2.75) is 45.4 Å². The van der Waals surface area contributed by atoms with Gasteiger partial charge in [0.1, 0.15) is 0 Å². The lowest BCUT2D eigenvalue weighted by Crippen LogP contribution is -2.33. The molecule has 8 heteroatoms. The lowest BCUT2D eigenvalue weighted by atomic mass is 10.0. The van der Waals surface area contributed by atoms with E-state index in [0.29, 0.717) is 23.1 Å². The summed E-state index contributed by atoms with van der Waals surface area (Å²) >= 11 is 1.30. The van der Waals surface area contributed by atoms with E-state index in [9.17, 15) is 9.59 Å². The van der Waals surface area contributed by atoms with Crippen LogP contribution in [0.25, 0.3) is 0 Å². The van der Waals surface area contributed by atoms with Crippen molar-refractivity contribution < 1.29 is 9.59 Å². The molecule has 0 fully saturated rings. The number of aromatic nitrogens is 3. The van der Waals surface area contributed by atoms with Gasteiger partial charge < -0.3 is 15.2 Å². The lowest BCUT2D eigenvalue weighted by Gasteiger charge is -2.22. The van der Waals surface area contributed by atoms with Crippen LogP contribution in [0.15, 0.2) is 66.3 Å². The van der Waals surface area contributed by atoms with E-state index in [1.807, 2.05) is 80.8 Å². The van der Waals surface area contributed by atoms with Crippen LogP contribution in [0.1, 0.15) is 47.2 Å². The number of carbonyl (C=O) groups is 2. The number of anilines is 1. The molecular weight excluding hydrogens is 446 g/mol. The van der Waals surface area contributed by atoms with Crippen molar-refractivity contribution in [3.05, 3.63) is 83.7 Å². The van der Waals surface area contributed by atoms with Gasteiger partial charge in [0.15, 0.2) is 11.0 Å². The molecule has 0 aliphatic carbocycles. The van der Waals surface area contributed by atoms with E-state index in [2.05, 4.69) is 27.4 Å². The number of thioether (sulfide) groups is 1. The van der Waals surface area contributed by atoms with Crippen molar-refractivity contribution >= 4 is 29.3 Å². The molecule has 2 amide bonds. The van der Waals surface area contributed by atoms with Crippen LogP contribution in [0.4, 0.5) is 5.69 Å². The fourth-order valence-corrected chi connectivity index (χ4v) is 4.18. The highest BCUT2D eigenvalue weighted by atomic mass is 32.2. The molecule has 2 aromatic carbocycles. The summed E-state index contributed by atoms with van der Waals surface area (Å²) in [6, 6.07) is 14.7. The maximum absolute atomic E-state index is 12.9. The fraction of sp³-hybridized carbons (Fsp3) is 0.308. The summed E-state index contributed by atoms with van der Waals surface area (Å²) in [5, 5.41) is 15.3. The first-order chi connectivity index (χ1) is 16.3. The number of amides is 2.